The van der Waals surface area contributed by atoms with E-state index in [-0.39, 0.29) is 29.4 Å². The summed E-state index contributed by atoms with van der Waals surface area (Å²) in [4.78, 5) is 8.84. The fourth-order valence-electron chi connectivity index (χ4n) is 2.04. The van der Waals surface area contributed by atoms with Crippen LogP contribution in [0.5, 0.6) is 0 Å². The molecule has 0 amide bonds. The highest BCUT2D eigenvalue weighted by Gasteiger charge is 2.24. The maximum absolute atomic E-state index is 10.6. The van der Waals surface area contributed by atoms with Crippen molar-refractivity contribution < 1.29 is 9.63 Å². The molecule has 1 unspecified atom stereocenters. The largest absolute Gasteiger partial charge is 0.384 e. The summed E-state index contributed by atoms with van der Waals surface area (Å²) < 4.78 is 5.27. The molecule has 1 atom stereocenters. The van der Waals surface area contributed by atoms with Crippen LogP contribution in [0.2, 0.25) is 0 Å². The fraction of sp³-hybridized carbons (Fsp3) is 0.588. The van der Waals surface area contributed by atoms with E-state index >= 15 is 0 Å². The van der Waals surface area contributed by atoms with Gasteiger partial charge >= 0.3 is 0 Å². The van der Waals surface area contributed by atoms with Crippen LogP contribution in [0.15, 0.2) is 26.3 Å². The number of aliphatic hydroxyl groups is 1. The van der Waals surface area contributed by atoms with Gasteiger partial charge in [0.2, 0.25) is 5.89 Å². The summed E-state index contributed by atoms with van der Waals surface area (Å²) in [7, 11) is 0. The third kappa shape index (κ3) is 6.51. The number of aliphatic imine (C=N–C) groups is 1. The van der Waals surface area contributed by atoms with Gasteiger partial charge in [0.25, 0.3) is 0 Å². The average Bonchev–Trinajstić information content (AvgIpc) is 3.20. The molecule has 9 heteroatoms. The Balaban J connectivity index is 0.00000338. The summed E-state index contributed by atoms with van der Waals surface area (Å²) in [5.41, 5.74) is -0.271. The van der Waals surface area contributed by atoms with Crippen LogP contribution < -0.4 is 10.6 Å². The van der Waals surface area contributed by atoms with Crippen molar-refractivity contribution in [2.24, 2.45) is 4.99 Å². The summed E-state index contributed by atoms with van der Waals surface area (Å²) in [6.45, 7) is 11.2. The number of rotatable bonds is 6. The molecule has 0 bridgehead atoms. The van der Waals surface area contributed by atoms with Gasteiger partial charge in [0.15, 0.2) is 11.8 Å². The van der Waals surface area contributed by atoms with Crippen LogP contribution in [0.3, 0.4) is 0 Å². The Morgan fingerprint density at radius 3 is 2.58 bits per heavy atom. The Kier molecular flexibility index (Phi) is 8.48. The maximum atomic E-state index is 10.6. The molecule has 2 aromatic rings. The van der Waals surface area contributed by atoms with Gasteiger partial charge in [-0.1, -0.05) is 25.9 Å². The number of nitrogens with one attached hydrogen (secondary N) is 2. The molecule has 2 rings (SSSR count). The fourth-order valence-corrected chi connectivity index (χ4v) is 2.83. The lowest BCUT2D eigenvalue weighted by Crippen LogP contribution is -2.44. The van der Waals surface area contributed by atoms with Gasteiger partial charge in [0.05, 0.1) is 6.54 Å². The first-order valence-corrected chi connectivity index (χ1v) is 9.27. The lowest BCUT2D eigenvalue weighted by Gasteiger charge is -2.24. The van der Waals surface area contributed by atoms with E-state index in [0.29, 0.717) is 37.3 Å². The first-order valence-electron chi connectivity index (χ1n) is 8.32. The Morgan fingerprint density at radius 2 is 2.04 bits per heavy atom. The molecule has 0 aliphatic heterocycles. The van der Waals surface area contributed by atoms with Crippen molar-refractivity contribution in [3.8, 4) is 0 Å². The van der Waals surface area contributed by atoms with Gasteiger partial charge in [-0.05, 0) is 36.2 Å². The molecule has 0 aliphatic rings. The number of thiophene rings is 1. The van der Waals surface area contributed by atoms with Crippen LogP contribution >= 0.6 is 35.3 Å². The molecule has 2 heterocycles. The molecular weight excluding hydrogens is 465 g/mol. The summed E-state index contributed by atoms with van der Waals surface area (Å²) in [6, 6.07) is 1.92. The smallest absolute Gasteiger partial charge is 0.232 e. The van der Waals surface area contributed by atoms with E-state index in [0.717, 1.165) is 5.56 Å². The molecule has 26 heavy (non-hydrogen) atoms. The van der Waals surface area contributed by atoms with Crippen molar-refractivity contribution >= 4 is 41.3 Å². The van der Waals surface area contributed by atoms with Gasteiger partial charge in [-0.15, -0.1) is 24.0 Å². The predicted molar refractivity (Wildman–Crippen MR) is 115 cm³/mol. The third-order valence-corrected chi connectivity index (χ3v) is 4.26. The number of hydrogen-bond acceptors (Lipinski definition) is 6. The first-order chi connectivity index (χ1) is 11.7. The van der Waals surface area contributed by atoms with Crippen LogP contribution in [0.25, 0.3) is 0 Å². The SMILES string of the molecule is CCNC(=NCc1noc(C(C)(C)C)n1)NCC(C)(O)c1ccsc1.I. The van der Waals surface area contributed by atoms with Crippen molar-refractivity contribution in [1.82, 2.24) is 20.8 Å². The van der Waals surface area contributed by atoms with Crippen molar-refractivity contribution in [3.05, 3.63) is 34.1 Å². The molecular formula is C17H28IN5O2S. The summed E-state index contributed by atoms with van der Waals surface area (Å²) in [5, 5.41) is 24.8. The molecule has 7 nitrogen and oxygen atoms in total. The lowest BCUT2D eigenvalue weighted by atomic mass is 9.97. The van der Waals surface area contributed by atoms with E-state index in [1.54, 1.807) is 18.3 Å². The van der Waals surface area contributed by atoms with Crippen LogP contribution in [-0.2, 0) is 17.6 Å². The van der Waals surface area contributed by atoms with E-state index in [1.165, 1.54) is 0 Å². The molecule has 3 N–H and O–H groups in total. The highest BCUT2D eigenvalue weighted by Crippen LogP contribution is 2.22. The minimum Gasteiger partial charge on any atom is -0.384 e. The van der Waals surface area contributed by atoms with Crippen molar-refractivity contribution in [3.63, 3.8) is 0 Å². The molecule has 0 saturated carbocycles. The standard InChI is InChI=1S/C17H27N5O2S.HI/c1-6-18-15(20-11-17(5,23)12-7-8-25-10-12)19-9-13-21-14(24-22-13)16(2,3)4;/h7-8,10,23H,6,9,11H2,1-5H3,(H2,18,19,20);1H. The number of nitrogens with zero attached hydrogens (tertiary/aromatic N) is 3. The highest BCUT2D eigenvalue weighted by molar-refractivity contribution is 14.0. The topological polar surface area (TPSA) is 95.6 Å². The van der Waals surface area contributed by atoms with E-state index in [4.69, 9.17) is 4.52 Å². The zero-order valence-electron chi connectivity index (χ0n) is 15.9. The Hall–Kier alpha value is -1.20. The highest BCUT2D eigenvalue weighted by atomic mass is 127. The van der Waals surface area contributed by atoms with Crippen molar-refractivity contribution in [2.45, 2.75) is 52.2 Å². The summed E-state index contributed by atoms with van der Waals surface area (Å²) >= 11 is 1.56. The van der Waals surface area contributed by atoms with Gasteiger partial charge < -0.3 is 20.3 Å². The summed E-state index contributed by atoms with van der Waals surface area (Å²) in [5.74, 6) is 1.72. The Morgan fingerprint density at radius 1 is 1.31 bits per heavy atom. The molecule has 0 aromatic carbocycles. The zero-order chi connectivity index (χ0) is 18.5. The number of guanidine groups is 1. The molecule has 0 spiro atoms. The van der Waals surface area contributed by atoms with Crippen LogP contribution in [0, 0.1) is 0 Å². The second-order valence-electron chi connectivity index (χ2n) is 7.10. The van der Waals surface area contributed by atoms with E-state index < -0.39 is 5.60 Å². The molecule has 2 aromatic heterocycles. The normalized spacial score (nSPS) is 14.5. The lowest BCUT2D eigenvalue weighted by molar-refractivity contribution is 0.0621. The molecule has 0 aliphatic carbocycles. The Bertz CT molecular complexity index is 692. The van der Waals surface area contributed by atoms with Crippen molar-refractivity contribution in [1.29, 1.82) is 0 Å². The van der Waals surface area contributed by atoms with Crippen LogP contribution in [0.1, 0.15) is 51.9 Å². The number of aromatic nitrogens is 2. The monoisotopic (exact) mass is 493 g/mol. The Labute approximate surface area is 175 Å². The molecule has 0 radical (unpaired) electrons. The third-order valence-electron chi connectivity index (χ3n) is 3.58. The number of hydrogen-bond donors (Lipinski definition) is 3. The maximum Gasteiger partial charge on any atom is 0.232 e. The van der Waals surface area contributed by atoms with Gasteiger partial charge in [-0.2, -0.15) is 16.3 Å². The second-order valence-corrected chi connectivity index (χ2v) is 7.88. The van der Waals surface area contributed by atoms with E-state index in [9.17, 15) is 5.11 Å². The van der Waals surface area contributed by atoms with Gasteiger partial charge in [-0.25, -0.2) is 4.99 Å². The number of halogens is 1. The zero-order valence-corrected chi connectivity index (χ0v) is 19.0. The first kappa shape index (κ1) is 22.8. The van der Waals surface area contributed by atoms with Crippen LogP contribution in [0.4, 0.5) is 0 Å². The second kappa shape index (κ2) is 9.65. The molecule has 0 saturated heterocycles. The molecule has 146 valence electrons. The van der Waals surface area contributed by atoms with Gasteiger partial charge in [0, 0.05) is 12.0 Å². The van der Waals surface area contributed by atoms with E-state index in [1.807, 2.05) is 44.5 Å². The minimum absolute atomic E-state index is 0. The summed E-state index contributed by atoms with van der Waals surface area (Å²) in [6.07, 6.45) is 0. The van der Waals surface area contributed by atoms with Crippen molar-refractivity contribution in [2.75, 3.05) is 13.1 Å². The van der Waals surface area contributed by atoms with Gasteiger partial charge in [-0.3, -0.25) is 0 Å². The van der Waals surface area contributed by atoms with E-state index in [2.05, 4.69) is 25.8 Å². The van der Waals surface area contributed by atoms with Crippen LogP contribution in [-0.4, -0.2) is 34.3 Å². The quantitative estimate of drug-likeness (QED) is 0.326. The predicted octanol–water partition coefficient (Wildman–Crippen LogP) is 3.01. The average molecular weight is 493 g/mol. The minimum atomic E-state index is -0.970. The van der Waals surface area contributed by atoms with Gasteiger partial charge in [0.1, 0.15) is 12.1 Å². The molecule has 0 fully saturated rings.